The summed E-state index contributed by atoms with van der Waals surface area (Å²) in [4.78, 5) is 21.7. The van der Waals surface area contributed by atoms with E-state index in [1.807, 2.05) is 52.0 Å². The zero-order chi connectivity index (χ0) is 26.6. The first-order valence-corrected chi connectivity index (χ1v) is 12.4. The van der Waals surface area contributed by atoms with Gasteiger partial charge in [-0.1, -0.05) is 36.8 Å². The van der Waals surface area contributed by atoms with Crippen LogP contribution in [0.2, 0.25) is 0 Å². The standard InChI is InChI=1S/C22H28N2O3S.C2HF3O2/c1-5-12-23-21(25)22(10-11-22)18-6-8-19(9-7-18)24-28(26,27)20-16(3)13-15(2)14-17(20)4;3-2(4,5)1(6)7/h6-9,13-14,24H,5,10-12H2,1-4H3,(H,23,25);(H,6,7). The molecule has 0 unspecified atom stereocenters. The SMILES string of the molecule is CCCNC(=O)C1(c2ccc(NS(=O)(=O)c3c(C)cc(C)cc3C)cc2)CC1.O=C(O)C(F)(F)F. The monoisotopic (exact) mass is 514 g/mol. The van der Waals surface area contributed by atoms with Crippen LogP contribution >= 0.6 is 0 Å². The van der Waals surface area contributed by atoms with Crippen molar-refractivity contribution in [2.45, 2.75) is 63.4 Å². The van der Waals surface area contributed by atoms with Crippen molar-refractivity contribution in [3.8, 4) is 0 Å². The highest BCUT2D eigenvalue weighted by atomic mass is 32.2. The van der Waals surface area contributed by atoms with Crippen LogP contribution in [0.5, 0.6) is 0 Å². The highest BCUT2D eigenvalue weighted by molar-refractivity contribution is 7.92. The predicted molar refractivity (Wildman–Crippen MR) is 126 cm³/mol. The molecular weight excluding hydrogens is 485 g/mol. The summed E-state index contributed by atoms with van der Waals surface area (Å²) < 4.78 is 60.2. The van der Waals surface area contributed by atoms with E-state index in [2.05, 4.69) is 10.0 Å². The molecule has 2 aromatic carbocycles. The number of nitrogens with one attached hydrogen (secondary N) is 2. The Morgan fingerprint density at radius 2 is 1.51 bits per heavy atom. The Kier molecular flexibility index (Phi) is 8.59. The molecule has 0 aromatic heterocycles. The normalized spacial score (nSPS) is 14.4. The van der Waals surface area contributed by atoms with Gasteiger partial charge in [0.25, 0.3) is 10.0 Å². The van der Waals surface area contributed by atoms with Gasteiger partial charge in [0.15, 0.2) is 0 Å². The van der Waals surface area contributed by atoms with Crippen molar-refractivity contribution in [3.63, 3.8) is 0 Å². The maximum Gasteiger partial charge on any atom is 0.490 e. The van der Waals surface area contributed by atoms with Gasteiger partial charge in [0.2, 0.25) is 5.91 Å². The quantitative estimate of drug-likeness (QED) is 0.500. The van der Waals surface area contributed by atoms with Crippen molar-refractivity contribution in [3.05, 3.63) is 58.7 Å². The van der Waals surface area contributed by atoms with Crippen LogP contribution in [0, 0.1) is 20.8 Å². The van der Waals surface area contributed by atoms with Crippen molar-refractivity contribution >= 4 is 27.6 Å². The lowest BCUT2D eigenvalue weighted by Crippen LogP contribution is -2.35. The Morgan fingerprint density at radius 1 is 1.03 bits per heavy atom. The van der Waals surface area contributed by atoms with Gasteiger partial charge < -0.3 is 10.4 Å². The first-order chi connectivity index (χ1) is 16.1. The molecule has 1 saturated carbocycles. The topological polar surface area (TPSA) is 113 Å². The first-order valence-electron chi connectivity index (χ1n) is 10.9. The summed E-state index contributed by atoms with van der Waals surface area (Å²) in [6, 6.07) is 10.9. The van der Waals surface area contributed by atoms with E-state index in [1.165, 1.54) is 0 Å². The number of carbonyl (C=O) groups is 2. The lowest BCUT2D eigenvalue weighted by molar-refractivity contribution is -0.192. The van der Waals surface area contributed by atoms with Crippen LogP contribution in [-0.2, 0) is 25.0 Å². The minimum atomic E-state index is -5.08. The number of carboxylic acids is 1. The fourth-order valence-electron chi connectivity index (χ4n) is 3.83. The molecule has 0 saturated heterocycles. The van der Waals surface area contributed by atoms with Gasteiger partial charge in [-0.05, 0) is 68.9 Å². The summed E-state index contributed by atoms with van der Waals surface area (Å²) >= 11 is 0. The van der Waals surface area contributed by atoms with Gasteiger partial charge in [-0.15, -0.1) is 0 Å². The summed E-state index contributed by atoms with van der Waals surface area (Å²) in [6.45, 7) is 8.27. The number of aliphatic carboxylic acids is 1. The lowest BCUT2D eigenvalue weighted by atomic mass is 9.95. The maximum absolute atomic E-state index is 12.9. The van der Waals surface area contributed by atoms with E-state index in [1.54, 1.807) is 12.1 Å². The number of sulfonamides is 1. The number of hydrogen-bond donors (Lipinski definition) is 3. The second kappa shape index (κ2) is 10.7. The van der Waals surface area contributed by atoms with Crippen molar-refractivity contribution in [2.24, 2.45) is 0 Å². The van der Waals surface area contributed by atoms with Crippen LogP contribution < -0.4 is 10.0 Å². The third kappa shape index (κ3) is 6.97. The summed E-state index contributed by atoms with van der Waals surface area (Å²) in [7, 11) is -3.68. The fourth-order valence-corrected chi connectivity index (χ4v) is 5.35. The second-order valence-corrected chi connectivity index (χ2v) is 10.2. The Balaban J connectivity index is 0.000000540. The van der Waals surface area contributed by atoms with E-state index < -0.39 is 27.6 Å². The number of rotatable bonds is 7. The molecule has 1 fully saturated rings. The van der Waals surface area contributed by atoms with E-state index in [4.69, 9.17) is 9.90 Å². The van der Waals surface area contributed by atoms with Crippen molar-refractivity contribution in [1.82, 2.24) is 5.32 Å². The van der Waals surface area contributed by atoms with E-state index in [9.17, 15) is 26.4 Å². The molecule has 0 heterocycles. The summed E-state index contributed by atoms with van der Waals surface area (Å²) in [5, 5.41) is 10.1. The van der Waals surface area contributed by atoms with E-state index in [-0.39, 0.29) is 5.91 Å². The predicted octanol–water partition coefficient (Wildman–Crippen LogP) is 4.60. The van der Waals surface area contributed by atoms with E-state index in [0.29, 0.717) is 17.1 Å². The van der Waals surface area contributed by atoms with Gasteiger partial charge in [0.05, 0.1) is 10.3 Å². The van der Waals surface area contributed by atoms with Crippen LogP contribution in [0.4, 0.5) is 18.9 Å². The third-order valence-electron chi connectivity index (χ3n) is 5.53. The Morgan fingerprint density at radius 3 is 1.91 bits per heavy atom. The number of alkyl halides is 3. The van der Waals surface area contributed by atoms with Crippen LogP contribution in [0.3, 0.4) is 0 Å². The van der Waals surface area contributed by atoms with E-state index >= 15 is 0 Å². The zero-order valence-electron chi connectivity index (χ0n) is 19.9. The minimum absolute atomic E-state index is 0.0635. The van der Waals surface area contributed by atoms with Crippen LogP contribution in [0.15, 0.2) is 41.3 Å². The number of benzene rings is 2. The molecule has 3 N–H and O–H groups in total. The molecule has 7 nitrogen and oxygen atoms in total. The van der Waals surface area contributed by atoms with Crippen molar-refractivity contribution < 1.29 is 36.3 Å². The highest BCUT2D eigenvalue weighted by Crippen LogP contribution is 2.48. The molecule has 1 aliphatic rings. The van der Waals surface area contributed by atoms with Crippen molar-refractivity contribution in [2.75, 3.05) is 11.3 Å². The van der Waals surface area contributed by atoms with Gasteiger partial charge >= 0.3 is 12.1 Å². The van der Waals surface area contributed by atoms with Crippen LogP contribution in [0.25, 0.3) is 0 Å². The Hall–Kier alpha value is -3.08. The van der Waals surface area contributed by atoms with Gasteiger partial charge in [-0.25, -0.2) is 13.2 Å². The molecule has 0 spiro atoms. The lowest BCUT2D eigenvalue weighted by Gasteiger charge is -2.17. The zero-order valence-corrected chi connectivity index (χ0v) is 20.7. The smallest absolute Gasteiger partial charge is 0.475 e. The first kappa shape index (κ1) is 28.2. The molecule has 3 rings (SSSR count). The largest absolute Gasteiger partial charge is 0.490 e. The molecule has 0 aliphatic heterocycles. The van der Waals surface area contributed by atoms with Gasteiger partial charge in [0, 0.05) is 12.2 Å². The molecule has 0 bridgehead atoms. The minimum Gasteiger partial charge on any atom is -0.475 e. The number of hydrogen-bond acceptors (Lipinski definition) is 4. The average molecular weight is 515 g/mol. The number of carbonyl (C=O) groups excluding carboxylic acids is 1. The van der Waals surface area contributed by atoms with Gasteiger partial charge in [-0.2, -0.15) is 13.2 Å². The molecular formula is C24H29F3N2O5S. The third-order valence-corrected chi connectivity index (χ3v) is 7.21. The molecule has 11 heteroatoms. The number of amides is 1. The van der Waals surface area contributed by atoms with Crippen molar-refractivity contribution in [1.29, 1.82) is 0 Å². The number of aryl methyl sites for hydroxylation is 3. The summed E-state index contributed by atoms with van der Waals surface area (Å²) in [5.74, 6) is -2.69. The Bertz CT molecular complexity index is 1170. The maximum atomic E-state index is 12.9. The number of carboxylic acid groups (broad SMARTS) is 1. The van der Waals surface area contributed by atoms with Gasteiger partial charge in [-0.3, -0.25) is 9.52 Å². The molecule has 1 aliphatic carbocycles. The molecule has 0 atom stereocenters. The molecule has 1 amide bonds. The van der Waals surface area contributed by atoms with Crippen LogP contribution in [-0.4, -0.2) is 38.1 Å². The molecule has 192 valence electrons. The summed E-state index contributed by atoms with van der Waals surface area (Å²) in [6.07, 6.45) is -2.52. The highest BCUT2D eigenvalue weighted by Gasteiger charge is 2.51. The number of anilines is 1. The summed E-state index contributed by atoms with van der Waals surface area (Å²) in [5.41, 5.74) is 3.47. The van der Waals surface area contributed by atoms with E-state index in [0.717, 1.165) is 41.5 Å². The van der Waals surface area contributed by atoms with Gasteiger partial charge in [0.1, 0.15) is 0 Å². The molecule has 35 heavy (non-hydrogen) atoms. The fraction of sp³-hybridized carbons (Fsp3) is 0.417. The molecule has 0 radical (unpaired) electrons. The Labute approximate surface area is 202 Å². The van der Waals surface area contributed by atoms with Crippen LogP contribution in [0.1, 0.15) is 48.4 Å². The molecule has 2 aromatic rings. The second-order valence-electron chi connectivity index (χ2n) is 8.55. The average Bonchev–Trinajstić information content (AvgIpc) is 3.53. The number of halogens is 3.